The normalized spacial score (nSPS) is 19.1. The highest BCUT2D eigenvalue weighted by atomic mass is 16.4. The molecule has 0 spiro atoms. The standard InChI is InChI=1S/C14H27NO2/c1-11(2)8-9-15(10-12(3)14(16)17)13-6-4-5-7-13/h11-13H,4-10H2,1-3H3,(H,16,17). The Morgan fingerprint density at radius 1 is 1.29 bits per heavy atom. The van der Waals surface area contributed by atoms with E-state index in [9.17, 15) is 4.79 Å². The Morgan fingerprint density at radius 2 is 1.88 bits per heavy atom. The van der Waals surface area contributed by atoms with Gasteiger partial charge in [-0.05, 0) is 31.7 Å². The summed E-state index contributed by atoms with van der Waals surface area (Å²) in [5.74, 6) is -0.223. The summed E-state index contributed by atoms with van der Waals surface area (Å²) in [6.45, 7) is 8.05. The van der Waals surface area contributed by atoms with E-state index in [0.717, 1.165) is 6.54 Å². The lowest BCUT2D eigenvalue weighted by Crippen LogP contribution is -2.39. The summed E-state index contributed by atoms with van der Waals surface area (Å²) in [4.78, 5) is 13.4. The summed E-state index contributed by atoms with van der Waals surface area (Å²) >= 11 is 0. The van der Waals surface area contributed by atoms with E-state index in [2.05, 4.69) is 18.7 Å². The molecule has 1 N–H and O–H groups in total. The molecule has 1 rings (SSSR count). The van der Waals surface area contributed by atoms with Crippen molar-refractivity contribution in [2.24, 2.45) is 11.8 Å². The molecule has 0 aromatic carbocycles. The van der Waals surface area contributed by atoms with Crippen molar-refractivity contribution in [2.75, 3.05) is 13.1 Å². The van der Waals surface area contributed by atoms with Gasteiger partial charge in [0.2, 0.25) is 0 Å². The number of hydrogen-bond acceptors (Lipinski definition) is 2. The highest BCUT2D eigenvalue weighted by Gasteiger charge is 2.25. The average molecular weight is 241 g/mol. The topological polar surface area (TPSA) is 40.5 Å². The maximum absolute atomic E-state index is 11.0. The first-order valence-corrected chi connectivity index (χ1v) is 6.97. The Balaban J connectivity index is 2.48. The van der Waals surface area contributed by atoms with E-state index < -0.39 is 5.97 Å². The second-order valence-corrected chi connectivity index (χ2v) is 5.86. The lowest BCUT2D eigenvalue weighted by Gasteiger charge is -2.30. The highest BCUT2D eigenvalue weighted by Crippen LogP contribution is 2.25. The van der Waals surface area contributed by atoms with Crippen LogP contribution in [0.15, 0.2) is 0 Å². The summed E-state index contributed by atoms with van der Waals surface area (Å²) in [6, 6.07) is 0.635. The predicted octanol–water partition coefficient (Wildman–Crippen LogP) is 3.00. The molecule has 3 nitrogen and oxygen atoms in total. The number of hydrogen-bond donors (Lipinski definition) is 1. The third-order valence-corrected chi connectivity index (χ3v) is 3.76. The van der Waals surface area contributed by atoms with Gasteiger partial charge in [-0.25, -0.2) is 0 Å². The summed E-state index contributed by atoms with van der Waals surface area (Å²) in [5.41, 5.74) is 0. The van der Waals surface area contributed by atoms with Crippen LogP contribution in [-0.2, 0) is 4.79 Å². The van der Waals surface area contributed by atoms with Crippen molar-refractivity contribution in [3.8, 4) is 0 Å². The maximum Gasteiger partial charge on any atom is 0.307 e. The number of carbonyl (C=O) groups is 1. The summed E-state index contributed by atoms with van der Waals surface area (Å²) in [7, 11) is 0. The highest BCUT2D eigenvalue weighted by molar-refractivity contribution is 5.69. The molecule has 0 radical (unpaired) electrons. The molecule has 0 saturated heterocycles. The van der Waals surface area contributed by atoms with E-state index in [1.807, 2.05) is 6.92 Å². The van der Waals surface area contributed by atoms with E-state index in [1.54, 1.807) is 0 Å². The zero-order chi connectivity index (χ0) is 12.8. The van der Waals surface area contributed by atoms with Crippen LogP contribution in [0.4, 0.5) is 0 Å². The van der Waals surface area contributed by atoms with Gasteiger partial charge in [0.1, 0.15) is 0 Å². The van der Waals surface area contributed by atoms with E-state index in [4.69, 9.17) is 5.11 Å². The summed E-state index contributed by atoms with van der Waals surface area (Å²) in [5, 5.41) is 9.02. The number of aliphatic carboxylic acids is 1. The van der Waals surface area contributed by atoms with Crippen LogP contribution in [0.1, 0.15) is 52.9 Å². The van der Waals surface area contributed by atoms with Gasteiger partial charge in [0.25, 0.3) is 0 Å². The van der Waals surface area contributed by atoms with E-state index >= 15 is 0 Å². The monoisotopic (exact) mass is 241 g/mol. The van der Waals surface area contributed by atoms with Crippen LogP contribution in [0.5, 0.6) is 0 Å². The van der Waals surface area contributed by atoms with Crippen LogP contribution in [0, 0.1) is 11.8 Å². The van der Waals surface area contributed by atoms with Crippen LogP contribution in [0.2, 0.25) is 0 Å². The molecule has 1 atom stereocenters. The van der Waals surface area contributed by atoms with Crippen LogP contribution in [0.25, 0.3) is 0 Å². The third-order valence-electron chi connectivity index (χ3n) is 3.76. The van der Waals surface area contributed by atoms with Gasteiger partial charge in [0.05, 0.1) is 5.92 Å². The van der Waals surface area contributed by atoms with Crippen molar-refractivity contribution in [1.29, 1.82) is 0 Å². The first-order chi connectivity index (χ1) is 8.00. The largest absolute Gasteiger partial charge is 0.481 e. The molecule has 1 aliphatic rings. The van der Waals surface area contributed by atoms with E-state index in [-0.39, 0.29) is 5.92 Å². The van der Waals surface area contributed by atoms with Gasteiger partial charge in [0.15, 0.2) is 0 Å². The zero-order valence-electron chi connectivity index (χ0n) is 11.5. The Morgan fingerprint density at radius 3 is 2.35 bits per heavy atom. The van der Waals surface area contributed by atoms with E-state index in [0.29, 0.717) is 18.5 Å². The van der Waals surface area contributed by atoms with Crippen LogP contribution < -0.4 is 0 Å². The second kappa shape index (κ2) is 7.00. The van der Waals surface area contributed by atoms with Gasteiger partial charge in [-0.2, -0.15) is 0 Å². The van der Waals surface area contributed by atoms with Crippen LogP contribution in [0.3, 0.4) is 0 Å². The Kier molecular flexibility index (Phi) is 5.96. The number of carboxylic acid groups (broad SMARTS) is 1. The molecule has 1 saturated carbocycles. The molecular formula is C14H27NO2. The minimum Gasteiger partial charge on any atom is -0.481 e. The molecule has 0 amide bonds. The quantitative estimate of drug-likeness (QED) is 0.745. The Labute approximate surface area is 105 Å². The van der Waals surface area contributed by atoms with Crippen LogP contribution in [-0.4, -0.2) is 35.1 Å². The molecule has 1 aliphatic carbocycles. The van der Waals surface area contributed by atoms with Crippen LogP contribution >= 0.6 is 0 Å². The molecule has 0 bridgehead atoms. The third kappa shape index (κ3) is 5.07. The molecule has 17 heavy (non-hydrogen) atoms. The SMILES string of the molecule is CC(C)CCN(CC(C)C(=O)O)C1CCCC1. The Hall–Kier alpha value is -0.570. The minimum atomic E-state index is -0.669. The average Bonchev–Trinajstić information content (AvgIpc) is 2.76. The number of carboxylic acids is 1. The Bertz CT molecular complexity index is 234. The van der Waals surface area contributed by atoms with E-state index in [1.165, 1.54) is 32.1 Å². The second-order valence-electron chi connectivity index (χ2n) is 5.86. The first kappa shape index (κ1) is 14.5. The minimum absolute atomic E-state index is 0.247. The summed E-state index contributed by atoms with van der Waals surface area (Å²) in [6.07, 6.45) is 6.30. The first-order valence-electron chi connectivity index (χ1n) is 6.97. The fraction of sp³-hybridized carbons (Fsp3) is 0.929. The van der Waals surface area contributed by atoms with Gasteiger partial charge in [0, 0.05) is 12.6 Å². The van der Waals surface area contributed by atoms with Gasteiger partial charge in [-0.15, -0.1) is 0 Å². The summed E-state index contributed by atoms with van der Waals surface area (Å²) < 4.78 is 0. The molecule has 0 aliphatic heterocycles. The van der Waals surface area contributed by atoms with Crippen molar-refractivity contribution in [2.45, 2.75) is 58.9 Å². The number of rotatable bonds is 7. The van der Waals surface area contributed by atoms with Crippen molar-refractivity contribution in [1.82, 2.24) is 4.90 Å². The van der Waals surface area contributed by atoms with Gasteiger partial charge in [-0.1, -0.05) is 33.6 Å². The van der Waals surface area contributed by atoms with Crippen molar-refractivity contribution in [3.63, 3.8) is 0 Å². The molecule has 0 aromatic heterocycles. The molecule has 3 heteroatoms. The zero-order valence-corrected chi connectivity index (χ0v) is 11.5. The molecular weight excluding hydrogens is 214 g/mol. The van der Waals surface area contributed by atoms with Gasteiger partial charge >= 0.3 is 5.97 Å². The van der Waals surface area contributed by atoms with Gasteiger partial charge in [-0.3, -0.25) is 9.69 Å². The molecule has 0 heterocycles. The van der Waals surface area contributed by atoms with Crippen molar-refractivity contribution < 1.29 is 9.90 Å². The lowest BCUT2D eigenvalue weighted by atomic mass is 10.1. The lowest BCUT2D eigenvalue weighted by molar-refractivity contribution is -0.141. The molecule has 1 unspecified atom stereocenters. The fourth-order valence-corrected chi connectivity index (χ4v) is 2.55. The molecule has 100 valence electrons. The number of nitrogens with zero attached hydrogens (tertiary/aromatic N) is 1. The van der Waals surface area contributed by atoms with Crippen molar-refractivity contribution >= 4 is 5.97 Å². The molecule has 1 fully saturated rings. The van der Waals surface area contributed by atoms with Gasteiger partial charge < -0.3 is 5.11 Å². The molecule has 0 aromatic rings. The van der Waals surface area contributed by atoms with Crippen molar-refractivity contribution in [3.05, 3.63) is 0 Å². The predicted molar refractivity (Wildman–Crippen MR) is 70.1 cm³/mol. The fourth-order valence-electron chi connectivity index (χ4n) is 2.55. The maximum atomic E-state index is 11.0. The smallest absolute Gasteiger partial charge is 0.307 e.